The molecule has 2 atom stereocenters. The molecule has 6 N–H and O–H groups in total. The Kier molecular flexibility index (Phi) is 9.29. The van der Waals surface area contributed by atoms with Gasteiger partial charge < -0.3 is 20.3 Å². The number of hydrogen-bond donors (Lipinski definition) is 6. The van der Waals surface area contributed by atoms with Gasteiger partial charge >= 0.3 is 5.97 Å². The van der Waals surface area contributed by atoms with Crippen molar-refractivity contribution < 1.29 is 31.9 Å². The van der Waals surface area contributed by atoms with Crippen LogP contribution in [0.15, 0.2) is 46.2 Å². The van der Waals surface area contributed by atoms with E-state index in [1.807, 2.05) is 6.08 Å². The molecule has 1 aliphatic heterocycles. The minimum atomic E-state index is -4.31. The molecule has 2 unspecified atom stereocenters. The first-order valence-electron chi connectivity index (χ1n) is 13.2. The number of fused-ring (bicyclic) bond motifs is 1. The molecule has 1 amide bonds. The molecule has 43 heavy (non-hydrogen) atoms. The largest absolute Gasteiger partial charge is 0.480 e. The van der Waals surface area contributed by atoms with Gasteiger partial charge in [0, 0.05) is 38.3 Å². The van der Waals surface area contributed by atoms with Crippen LogP contribution in [0.1, 0.15) is 32.7 Å². The zero-order valence-electron chi connectivity index (χ0n) is 23.8. The number of nitrogens with one attached hydrogen (secondary N) is 5. The second kappa shape index (κ2) is 12.6. The second-order valence-corrected chi connectivity index (χ2v) is 11.9. The summed E-state index contributed by atoms with van der Waals surface area (Å²) in [6.07, 6.45) is 3.04. The Labute approximate surface area is 246 Å². The molecule has 2 heterocycles. The van der Waals surface area contributed by atoms with Gasteiger partial charge in [0.15, 0.2) is 11.2 Å². The van der Waals surface area contributed by atoms with Crippen molar-refractivity contribution in [3.05, 3.63) is 86.3 Å². The monoisotopic (exact) mass is 618 g/mol. The fourth-order valence-corrected chi connectivity index (χ4v) is 6.71. The summed E-state index contributed by atoms with van der Waals surface area (Å²) in [6.45, 7) is 4.55. The quantitative estimate of drug-likeness (QED) is 0.194. The smallest absolute Gasteiger partial charge is 0.323 e. The summed E-state index contributed by atoms with van der Waals surface area (Å²) in [4.78, 5) is 37.7. The van der Waals surface area contributed by atoms with Crippen LogP contribution >= 0.6 is 0 Å². The molecule has 0 saturated carbocycles. The van der Waals surface area contributed by atoms with Crippen LogP contribution in [0.2, 0.25) is 0 Å². The number of halogens is 2. The first-order chi connectivity index (χ1) is 20.2. The third-order valence-electron chi connectivity index (χ3n) is 6.99. The minimum absolute atomic E-state index is 0.0767. The Bertz CT molecular complexity index is 1780. The summed E-state index contributed by atoms with van der Waals surface area (Å²) in [5.74, 6) is -4.54. The number of rotatable bonds is 10. The molecule has 0 radical (unpaired) electrons. The number of aryl methyl sites for hydroxylation is 4. The van der Waals surface area contributed by atoms with Crippen LogP contribution in [-0.2, 0) is 28.4 Å². The van der Waals surface area contributed by atoms with Gasteiger partial charge in [-0.1, -0.05) is 23.8 Å². The van der Waals surface area contributed by atoms with Gasteiger partial charge in [-0.05, 0) is 44.2 Å². The molecule has 15 heteroatoms. The van der Waals surface area contributed by atoms with E-state index in [-0.39, 0.29) is 33.6 Å². The van der Waals surface area contributed by atoms with Crippen LogP contribution < -0.4 is 31.4 Å². The SMILES string of the molecule is Cc1cc(C)c(S(=O)(=O)NC(CNC(=O)c2cc(=O)c3cc(F)c(CNC4NC=CCN4)c(F)c3n2C)C(=O)O)c(C)c1. The van der Waals surface area contributed by atoms with Crippen molar-refractivity contribution >= 4 is 32.8 Å². The number of amides is 1. The lowest BCUT2D eigenvalue weighted by atomic mass is 10.1. The third kappa shape index (κ3) is 6.74. The predicted octanol–water partition coefficient (Wildman–Crippen LogP) is 0.983. The van der Waals surface area contributed by atoms with Gasteiger partial charge in [-0.2, -0.15) is 4.72 Å². The zero-order chi connectivity index (χ0) is 31.6. The van der Waals surface area contributed by atoms with Crippen LogP contribution in [0.5, 0.6) is 0 Å². The number of carboxylic acid groups (broad SMARTS) is 1. The van der Waals surface area contributed by atoms with E-state index in [0.29, 0.717) is 17.7 Å². The van der Waals surface area contributed by atoms with Crippen LogP contribution in [0, 0.1) is 32.4 Å². The lowest BCUT2D eigenvalue weighted by Crippen LogP contribution is -2.52. The molecule has 2 aromatic carbocycles. The van der Waals surface area contributed by atoms with Crippen LogP contribution in [0.3, 0.4) is 0 Å². The van der Waals surface area contributed by atoms with Crippen molar-refractivity contribution in [2.45, 2.75) is 44.5 Å². The fourth-order valence-electron chi connectivity index (χ4n) is 5.07. The number of carbonyl (C=O) groups excluding carboxylic acids is 1. The number of sulfonamides is 1. The van der Waals surface area contributed by atoms with Crippen molar-refractivity contribution in [2.75, 3.05) is 13.1 Å². The Morgan fingerprint density at radius 1 is 1.14 bits per heavy atom. The maximum Gasteiger partial charge on any atom is 0.323 e. The molecule has 0 saturated heterocycles. The number of aliphatic carboxylic acids is 1. The highest BCUT2D eigenvalue weighted by Gasteiger charge is 2.29. The molecule has 0 bridgehead atoms. The average molecular weight is 619 g/mol. The Morgan fingerprint density at radius 3 is 2.42 bits per heavy atom. The van der Waals surface area contributed by atoms with Gasteiger partial charge in [0.25, 0.3) is 5.91 Å². The van der Waals surface area contributed by atoms with Crippen molar-refractivity contribution in [3.63, 3.8) is 0 Å². The van der Waals surface area contributed by atoms with E-state index >= 15 is 4.39 Å². The Balaban J connectivity index is 1.59. The summed E-state index contributed by atoms with van der Waals surface area (Å²) in [6, 6.07) is 3.29. The zero-order valence-corrected chi connectivity index (χ0v) is 24.7. The first kappa shape index (κ1) is 31.7. The second-order valence-electron chi connectivity index (χ2n) is 10.2. The molecule has 1 aromatic heterocycles. The van der Waals surface area contributed by atoms with Crippen molar-refractivity contribution in [2.24, 2.45) is 7.05 Å². The molecule has 12 nitrogen and oxygen atoms in total. The Morgan fingerprint density at radius 2 is 1.81 bits per heavy atom. The van der Waals surface area contributed by atoms with Gasteiger partial charge in [-0.25, -0.2) is 17.2 Å². The molecule has 0 fully saturated rings. The highest BCUT2D eigenvalue weighted by Crippen LogP contribution is 2.24. The fraction of sp³-hybridized carbons (Fsp3) is 0.321. The number of aromatic nitrogens is 1. The molecular weight excluding hydrogens is 586 g/mol. The third-order valence-corrected chi connectivity index (χ3v) is 8.77. The van der Waals surface area contributed by atoms with Gasteiger partial charge in [-0.15, -0.1) is 0 Å². The number of carboxylic acids is 1. The summed E-state index contributed by atoms with van der Waals surface area (Å²) in [5, 5.41) is 20.6. The standard InChI is InChI=1S/C28H32F2N6O6S/c1-14-8-15(2)25(16(3)9-14)43(41,42)35-20(27(39)40)13-33-26(38)21-11-22(37)17-10-19(29)18(23(30)24(17)36(21)4)12-34-28-31-6-5-7-32-28/h5-6,8-11,20,28,31-32,34-35H,7,12-13H2,1-4H3,(H,33,38)(H,39,40). The average Bonchev–Trinajstić information content (AvgIpc) is 2.92. The van der Waals surface area contributed by atoms with Crippen LogP contribution in [-0.4, -0.2) is 55.4 Å². The number of hydrogen-bond acceptors (Lipinski definition) is 8. The lowest BCUT2D eigenvalue weighted by Gasteiger charge is -2.23. The normalized spacial score (nSPS) is 15.7. The van der Waals surface area contributed by atoms with E-state index in [0.717, 1.165) is 22.3 Å². The van der Waals surface area contributed by atoms with Crippen LogP contribution in [0.4, 0.5) is 8.78 Å². The molecule has 230 valence electrons. The highest BCUT2D eigenvalue weighted by molar-refractivity contribution is 7.89. The lowest BCUT2D eigenvalue weighted by molar-refractivity contribution is -0.138. The number of benzene rings is 2. The van der Waals surface area contributed by atoms with Crippen molar-refractivity contribution in [1.82, 2.24) is 30.6 Å². The van der Waals surface area contributed by atoms with Crippen molar-refractivity contribution in [1.29, 1.82) is 0 Å². The molecule has 3 aromatic rings. The van der Waals surface area contributed by atoms with Gasteiger partial charge in [0.2, 0.25) is 10.0 Å². The van der Waals surface area contributed by atoms with E-state index in [9.17, 15) is 32.3 Å². The van der Waals surface area contributed by atoms with E-state index in [1.165, 1.54) is 7.05 Å². The summed E-state index contributed by atoms with van der Waals surface area (Å²) >= 11 is 0. The summed E-state index contributed by atoms with van der Waals surface area (Å²) < 4.78 is 59.8. The van der Waals surface area contributed by atoms with Gasteiger partial charge in [0.1, 0.15) is 23.8 Å². The maximum absolute atomic E-state index is 15.6. The Hall–Kier alpha value is -4.18. The van der Waals surface area contributed by atoms with Gasteiger partial charge in [0.05, 0.1) is 15.8 Å². The molecule has 4 rings (SSSR count). The number of carbonyl (C=O) groups is 2. The summed E-state index contributed by atoms with van der Waals surface area (Å²) in [7, 11) is -3.01. The predicted molar refractivity (Wildman–Crippen MR) is 155 cm³/mol. The number of nitrogens with zero attached hydrogens (tertiary/aromatic N) is 1. The topological polar surface area (TPSA) is 171 Å². The van der Waals surface area contributed by atoms with E-state index in [1.54, 1.807) is 39.1 Å². The highest BCUT2D eigenvalue weighted by atomic mass is 32.2. The molecular formula is C28H32F2N6O6S. The maximum atomic E-state index is 15.6. The minimum Gasteiger partial charge on any atom is -0.480 e. The molecule has 0 spiro atoms. The van der Waals surface area contributed by atoms with E-state index in [4.69, 9.17) is 0 Å². The van der Waals surface area contributed by atoms with Crippen molar-refractivity contribution in [3.8, 4) is 0 Å². The number of pyridine rings is 1. The molecule has 1 aliphatic rings. The van der Waals surface area contributed by atoms with E-state index < -0.39 is 57.8 Å². The summed E-state index contributed by atoms with van der Waals surface area (Å²) in [5.41, 5.74) is -0.213. The van der Waals surface area contributed by atoms with Gasteiger partial charge in [-0.3, -0.25) is 25.0 Å². The van der Waals surface area contributed by atoms with E-state index in [2.05, 4.69) is 26.0 Å². The first-order valence-corrected chi connectivity index (χ1v) is 14.7. The molecule has 0 aliphatic carbocycles. The van der Waals surface area contributed by atoms with Crippen LogP contribution in [0.25, 0.3) is 10.9 Å².